The van der Waals surface area contributed by atoms with Gasteiger partial charge in [-0.2, -0.15) is 0 Å². The number of pyridine rings is 1. The number of fused-ring (bicyclic) bond motifs is 1. The Morgan fingerprint density at radius 2 is 2.29 bits per heavy atom. The number of allylic oxidation sites excluding steroid dienone is 3. The fourth-order valence-electron chi connectivity index (χ4n) is 2.09. The molecule has 2 aromatic rings. The fourth-order valence-corrected chi connectivity index (χ4v) is 2.09. The monoisotopic (exact) mass is 225 g/mol. The van der Waals surface area contributed by atoms with E-state index in [-0.39, 0.29) is 0 Å². The lowest BCUT2D eigenvalue weighted by atomic mass is 10.1. The van der Waals surface area contributed by atoms with Gasteiger partial charge in [-0.3, -0.25) is 0 Å². The van der Waals surface area contributed by atoms with Crippen molar-refractivity contribution in [3.05, 3.63) is 54.1 Å². The molecule has 0 aromatic carbocycles. The van der Waals surface area contributed by atoms with Crippen LogP contribution in [0.3, 0.4) is 0 Å². The lowest BCUT2D eigenvalue weighted by Crippen LogP contribution is -2.01. The van der Waals surface area contributed by atoms with Gasteiger partial charge in [0.2, 0.25) is 0 Å². The van der Waals surface area contributed by atoms with Crippen LogP contribution < -0.4 is 5.32 Å². The lowest BCUT2D eigenvalue weighted by Gasteiger charge is -2.11. The first kappa shape index (κ1) is 10.1. The van der Waals surface area contributed by atoms with Crippen LogP contribution >= 0.6 is 0 Å². The van der Waals surface area contributed by atoms with E-state index in [4.69, 9.17) is 0 Å². The van der Waals surface area contributed by atoms with Crippen LogP contribution in [0.1, 0.15) is 18.5 Å². The van der Waals surface area contributed by atoms with Crippen molar-refractivity contribution >= 4 is 11.3 Å². The highest BCUT2D eigenvalue weighted by Gasteiger charge is 2.05. The Balaban J connectivity index is 2.00. The number of aromatic nitrogens is 2. The average Bonchev–Trinajstić information content (AvgIpc) is 2.74. The number of hydrogen-bond donors (Lipinski definition) is 1. The maximum Gasteiger partial charge on any atom is 0.160 e. The topological polar surface area (TPSA) is 29.3 Å². The molecule has 0 atom stereocenters. The summed E-state index contributed by atoms with van der Waals surface area (Å²) >= 11 is 0. The number of nitrogens with zero attached hydrogens (tertiary/aromatic N) is 2. The lowest BCUT2D eigenvalue weighted by molar-refractivity contribution is 1.02. The minimum absolute atomic E-state index is 0.977. The van der Waals surface area contributed by atoms with Crippen molar-refractivity contribution in [3.8, 4) is 0 Å². The minimum atomic E-state index is 0.977. The molecule has 3 heteroatoms. The maximum atomic E-state index is 4.43. The van der Waals surface area contributed by atoms with Crippen molar-refractivity contribution in [2.24, 2.45) is 0 Å². The van der Waals surface area contributed by atoms with Crippen LogP contribution in [0.15, 0.2) is 48.5 Å². The Labute approximate surface area is 100 Å². The van der Waals surface area contributed by atoms with Crippen LogP contribution in [0.25, 0.3) is 5.65 Å². The zero-order chi connectivity index (χ0) is 11.7. The molecule has 0 bridgehead atoms. The van der Waals surface area contributed by atoms with Gasteiger partial charge in [0, 0.05) is 23.8 Å². The first-order chi connectivity index (χ1) is 8.34. The van der Waals surface area contributed by atoms with E-state index in [1.54, 1.807) is 0 Å². The van der Waals surface area contributed by atoms with Gasteiger partial charge in [-0.05, 0) is 38.0 Å². The third-order valence-corrected chi connectivity index (χ3v) is 2.99. The first-order valence-corrected chi connectivity index (χ1v) is 5.91. The zero-order valence-corrected chi connectivity index (χ0v) is 9.85. The second kappa shape index (κ2) is 4.09. The van der Waals surface area contributed by atoms with Crippen LogP contribution in [0, 0.1) is 6.92 Å². The second-order valence-electron chi connectivity index (χ2n) is 4.28. The van der Waals surface area contributed by atoms with Crippen LogP contribution in [-0.4, -0.2) is 9.38 Å². The SMILES string of the molecule is Cc1cnc2c(NC3=CCCC=C3)cccn12. The van der Waals surface area contributed by atoms with Gasteiger partial charge >= 0.3 is 0 Å². The molecule has 0 unspecified atom stereocenters. The van der Waals surface area contributed by atoms with E-state index in [0.717, 1.165) is 35.6 Å². The number of nitrogens with one attached hydrogen (secondary N) is 1. The van der Waals surface area contributed by atoms with Gasteiger partial charge in [0.05, 0.1) is 5.69 Å². The highest BCUT2D eigenvalue weighted by atomic mass is 15.0. The van der Waals surface area contributed by atoms with E-state index in [9.17, 15) is 0 Å². The molecular formula is C14H15N3. The highest BCUT2D eigenvalue weighted by molar-refractivity contribution is 5.70. The molecule has 0 aliphatic heterocycles. The quantitative estimate of drug-likeness (QED) is 0.849. The Morgan fingerprint density at radius 1 is 1.35 bits per heavy atom. The Morgan fingerprint density at radius 3 is 3.12 bits per heavy atom. The van der Waals surface area contributed by atoms with Crippen LogP contribution in [0.5, 0.6) is 0 Å². The summed E-state index contributed by atoms with van der Waals surface area (Å²) in [5, 5.41) is 3.43. The van der Waals surface area contributed by atoms with E-state index in [0.29, 0.717) is 0 Å². The van der Waals surface area contributed by atoms with Crippen molar-refractivity contribution in [3.63, 3.8) is 0 Å². The van der Waals surface area contributed by atoms with Crippen molar-refractivity contribution in [1.29, 1.82) is 0 Å². The number of rotatable bonds is 2. The van der Waals surface area contributed by atoms with E-state index in [1.165, 1.54) is 0 Å². The summed E-state index contributed by atoms with van der Waals surface area (Å²) < 4.78 is 2.09. The summed E-state index contributed by atoms with van der Waals surface area (Å²) in [6.45, 7) is 2.06. The number of anilines is 1. The van der Waals surface area contributed by atoms with Gasteiger partial charge in [-0.25, -0.2) is 4.98 Å². The van der Waals surface area contributed by atoms with Crippen molar-refractivity contribution < 1.29 is 0 Å². The Hall–Kier alpha value is -2.03. The van der Waals surface area contributed by atoms with Crippen LogP contribution in [0.4, 0.5) is 5.69 Å². The van der Waals surface area contributed by atoms with Gasteiger partial charge in [0.15, 0.2) is 5.65 Å². The summed E-state index contributed by atoms with van der Waals surface area (Å²) in [6, 6.07) is 4.10. The van der Waals surface area contributed by atoms with E-state index < -0.39 is 0 Å². The Kier molecular flexibility index (Phi) is 2.44. The predicted octanol–water partition coefficient (Wildman–Crippen LogP) is 3.29. The summed E-state index contributed by atoms with van der Waals surface area (Å²) in [4.78, 5) is 4.43. The van der Waals surface area contributed by atoms with Gasteiger partial charge in [-0.1, -0.05) is 12.2 Å². The van der Waals surface area contributed by atoms with E-state index in [2.05, 4.69) is 45.9 Å². The molecule has 17 heavy (non-hydrogen) atoms. The molecule has 2 heterocycles. The summed E-state index contributed by atoms with van der Waals surface area (Å²) in [7, 11) is 0. The molecule has 86 valence electrons. The van der Waals surface area contributed by atoms with Crippen molar-refractivity contribution in [2.75, 3.05) is 5.32 Å². The summed E-state index contributed by atoms with van der Waals surface area (Å²) in [6.07, 6.45) is 12.7. The molecule has 1 aliphatic carbocycles. The van der Waals surface area contributed by atoms with E-state index >= 15 is 0 Å². The molecule has 2 aromatic heterocycles. The summed E-state index contributed by atoms with van der Waals surface area (Å²) in [5.74, 6) is 0. The van der Waals surface area contributed by atoms with Crippen LogP contribution in [-0.2, 0) is 0 Å². The molecule has 1 aliphatic rings. The third-order valence-electron chi connectivity index (χ3n) is 2.99. The normalized spacial score (nSPS) is 15.0. The average molecular weight is 225 g/mol. The van der Waals surface area contributed by atoms with Crippen LogP contribution in [0.2, 0.25) is 0 Å². The van der Waals surface area contributed by atoms with Crippen molar-refractivity contribution in [2.45, 2.75) is 19.8 Å². The van der Waals surface area contributed by atoms with Gasteiger partial charge in [0.1, 0.15) is 0 Å². The highest BCUT2D eigenvalue weighted by Crippen LogP contribution is 2.20. The summed E-state index contributed by atoms with van der Waals surface area (Å²) in [5.41, 5.74) is 4.34. The Bertz CT molecular complexity index is 605. The van der Waals surface area contributed by atoms with E-state index in [1.807, 2.05) is 18.5 Å². The molecule has 0 saturated carbocycles. The van der Waals surface area contributed by atoms with Gasteiger partial charge in [0.25, 0.3) is 0 Å². The molecule has 3 nitrogen and oxygen atoms in total. The number of aryl methyl sites for hydroxylation is 1. The number of imidazole rings is 1. The first-order valence-electron chi connectivity index (χ1n) is 5.91. The standard InChI is InChI=1S/C14H15N3/c1-11-10-15-14-13(8-5-9-17(11)14)16-12-6-3-2-4-7-12/h3,5-10,16H,2,4H2,1H3. The maximum absolute atomic E-state index is 4.43. The number of hydrogen-bond acceptors (Lipinski definition) is 2. The second-order valence-corrected chi connectivity index (χ2v) is 4.28. The third kappa shape index (κ3) is 1.84. The molecule has 0 amide bonds. The predicted molar refractivity (Wildman–Crippen MR) is 70.0 cm³/mol. The van der Waals surface area contributed by atoms with Gasteiger partial charge in [-0.15, -0.1) is 0 Å². The molecular weight excluding hydrogens is 210 g/mol. The molecule has 3 rings (SSSR count). The van der Waals surface area contributed by atoms with Gasteiger partial charge < -0.3 is 9.72 Å². The minimum Gasteiger partial charge on any atom is -0.353 e. The van der Waals surface area contributed by atoms with Crippen molar-refractivity contribution in [1.82, 2.24) is 9.38 Å². The molecule has 0 fully saturated rings. The smallest absolute Gasteiger partial charge is 0.160 e. The molecule has 1 N–H and O–H groups in total. The largest absolute Gasteiger partial charge is 0.353 e. The fraction of sp³-hybridized carbons (Fsp3) is 0.214. The molecule has 0 spiro atoms. The molecule has 0 radical (unpaired) electrons. The molecule has 0 saturated heterocycles. The zero-order valence-electron chi connectivity index (χ0n) is 9.85.